The molecule has 0 saturated carbocycles. The highest BCUT2D eigenvalue weighted by Gasteiger charge is 2.55. The molecule has 8 nitrogen and oxygen atoms in total. The Morgan fingerprint density at radius 3 is 2.59 bits per heavy atom. The molecule has 0 unspecified atom stereocenters. The number of carbonyl (C=O) groups excluding carboxylic acids is 1. The van der Waals surface area contributed by atoms with Crippen LogP contribution in [0.2, 0.25) is 0 Å². The van der Waals surface area contributed by atoms with E-state index in [4.69, 9.17) is 14.2 Å². The first-order chi connectivity index (χ1) is 13.1. The molecular formula is C19H18N2O6. The predicted molar refractivity (Wildman–Crippen MR) is 94.2 cm³/mol. The summed E-state index contributed by atoms with van der Waals surface area (Å²) < 4.78 is 15.6. The van der Waals surface area contributed by atoms with Crippen LogP contribution in [0.25, 0.3) is 0 Å². The summed E-state index contributed by atoms with van der Waals surface area (Å²) in [7, 11) is 1.28. The van der Waals surface area contributed by atoms with Gasteiger partial charge in [-0.3, -0.25) is 20.2 Å². The lowest BCUT2D eigenvalue weighted by atomic mass is 9.85. The molecule has 1 saturated heterocycles. The second-order valence-corrected chi connectivity index (χ2v) is 6.47. The van der Waals surface area contributed by atoms with Gasteiger partial charge < -0.3 is 14.2 Å². The van der Waals surface area contributed by atoms with Gasteiger partial charge in [-0.05, 0) is 23.3 Å². The largest absolute Gasteiger partial charge is 0.468 e. The first-order valence-corrected chi connectivity index (χ1v) is 8.52. The number of benzene rings is 2. The van der Waals surface area contributed by atoms with Crippen LogP contribution in [0.5, 0.6) is 11.5 Å². The van der Waals surface area contributed by atoms with Gasteiger partial charge >= 0.3 is 5.97 Å². The summed E-state index contributed by atoms with van der Waals surface area (Å²) in [5, 5.41) is 15.1. The quantitative estimate of drug-likeness (QED) is 0.499. The summed E-state index contributed by atoms with van der Waals surface area (Å²) in [5.74, 6) is -0.159. The fraction of sp³-hybridized carbons (Fsp3) is 0.316. The van der Waals surface area contributed by atoms with Crippen LogP contribution >= 0.6 is 0 Å². The van der Waals surface area contributed by atoms with Gasteiger partial charge in [-0.1, -0.05) is 36.4 Å². The highest BCUT2D eigenvalue weighted by atomic mass is 16.7. The maximum absolute atomic E-state index is 12.4. The van der Waals surface area contributed by atoms with Crippen LogP contribution in [0.3, 0.4) is 0 Å². The Morgan fingerprint density at radius 2 is 1.89 bits per heavy atom. The van der Waals surface area contributed by atoms with Crippen LogP contribution in [0.15, 0.2) is 48.5 Å². The molecule has 2 heterocycles. The van der Waals surface area contributed by atoms with Crippen LogP contribution in [0.1, 0.15) is 23.1 Å². The second kappa shape index (κ2) is 6.88. The average Bonchev–Trinajstić information content (AvgIpc) is 3.32. The van der Waals surface area contributed by atoms with Crippen molar-refractivity contribution in [1.29, 1.82) is 0 Å². The Hall–Kier alpha value is -3.13. The molecule has 27 heavy (non-hydrogen) atoms. The average molecular weight is 370 g/mol. The van der Waals surface area contributed by atoms with E-state index in [9.17, 15) is 14.9 Å². The van der Waals surface area contributed by atoms with Crippen molar-refractivity contribution in [2.24, 2.45) is 0 Å². The lowest BCUT2D eigenvalue weighted by molar-refractivity contribution is -0.527. The van der Waals surface area contributed by atoms with Crippen LogP contribution in [-0.2, 0) is 9.53 Å². The molecule has 2 aliphatic heterocycles. The van der Waals surface area contributed by atoms with Crippen LogP contribution in [0.4, 0.5) is 0 Å². The van der Waals surface area contributed by atoms with E-state index in [-0.39, 0.29) is 11.7 Å². The molecule has 2 aliphatic rings. The summed E-state index contributed by atoms with van der Waals surface area (Å²) >= 11 is 0. The number of fused-ring (bicyclic) bond motifs is 1. The minimum Gasteiger partial charge on any atom is -0.468 e. The van der Waals surface area contributed by atoms with Crippen LogP contribution in [0, 0.1) is 10.1 Å². The maximum atomic E-state index is 12.4. The zero-order valence-electron chi connectivity index (χ0n) is 14.5. The topological polar surface area (TPSA) is 99.9 Å². The molecule has 8 heteroatoms. The van der Waals surface area contributed by atoms with Gasteiger partial charge in [0.05, 0.1) is 13.0 Å². The standard InChI is InChI=1S/C19H18N2O6/c1-25-19(22)17-15(12-7-8-13-14(9-12)27-10-26-13)18(21(23)24)16(20-17)11-5-3-2-4-6-11/h2-9,15-18,20H,10H2,1H3/t15-,16+,17+,18+/m1/s1. The van der Waals surface area contributed by atoms with Crippen molar-refractivity contribution in [3.05, 3.63) is 69.8 Å². The first-order valence-electron chi connectivity index (χ1n) is 8.52. The van der Waals surface area contributed by atoms with Crippen molar-refractivity contribution < 1.29 is 23.9 Å². The van der Waals surface area contributed by atoms with Gasteiger partial charge in [-0.2, -0.15) is 0 Å². The second-order valence-electron chi connectivity index (χ2n) is 6.47. The molecule has 0 radical (unpaired) electrons. The summed E-state index contributed by atoms with van der Waals surface area (Å²) in [6.45, 7) is 0.105. The minimum atomic E-state index is -1.04. The zero-order chi connectivity index (χ0) is 19.0. The summed E-state index contributed by atoms with van der Waals surface area (Å²) in [5.41, 5.74) is 1.37. The van der Waals surface area contributed by atoms with Crippen LogP contribution < -0.4 is 14.8 Å². The number of nitro groups is 1. The van der Waals surface area contributed by atoms with Crippen molar-refractivity contribution in [3.8, 4) is 11.5 Å². The van der Waals surface area contributed by atoms with Crippen molar-refractivity contribution >= 4 is 5.97 Å². The monoisotopic (exact) mass is 370 g/mol. The van der Waals surface area contributed by atoms with Crippen molar-refractivity contribution in [3.63, 3.8) is 0 Å². The smallest absolute Gasteiger partial charge is 0.323 e. The Labute approximate surface area is 155 Å². The number of rotatable bonds is 4. The van der Waals surface area contributed by atoms with E-state index in [0.29, 0.717) is 17.1 Å². The Bertz CT molecular complexity index is 872. The molecule has 1 N–H and O–H groups in total. The van der Waals surface area contributed by atoms with E-state index in [1.807, 2.05) is 30.3 Å². The lowest BCUT2D eigenvalue weighted by Gasteiger charge is -2.19. The summed E-state index contributed by atoms with van der Waals surface area (Å²) in [6, 6.07) is 11.7. The van der Waals surface area contributed by atoms with Crippen molar-refractivity contribution in [2.75, 3.05) is 13.9 Å². The minimum absolute atomic E-state index is 0.105. The number of methoxy groups -OCH3 is 1. The molecule has 2 aromatic rings. The van der Waals surface area contributed by atoms with E-state index in [0.717, 1.165) is 5.56 Å². The van der Waals surface area contributed by atoms with Gasteiger partial charge in [0, 0.05) is 4.92 Å². The molecule has 0 aliphatic carbocycles. The van der Waals surface area contributed by atoms with Crippen LogP contribution in [-0.4, -0.2) is 36.9 Å². The van der Waals surface area contributed by atoms with Gasteiger partial charge in [0.25, 0.3) is 0 Å². The number of esters is 1. The van der Waals surface area contributed by atoms with E-state index >= 15 is 0 Å². The van der Waals surface area contributed by atoms with Gasteiger partial charge in [-0.15, -0.1) is 0 Å². The van der Waals surface area contributed by atoms with E-state index in [1.54, 1.807) is 18.2 Å². The molecule has 4 atom stereocenters. The Kier molecular flexibility index (Phi) is 4.41. The zero-order valence-corrected chi connectivity index (χ0v) is 14.5. The third-order valence-corrected chi connectivity index (χ3v) is 5.07. The SMILES string of the molecule is COC(=O)[C@H]1N[C@@H](c2ccccc2)[C@@H]([N+](=O)[O-])[C@@H]1c1ccc2c(c1)OCO2. The summed E-state index contributed by atoms with van der Waals surface area (Å²) in [4.78, 5) is 24.1. The molecule has 0 amide bonds. The van der Waals surface area contributed by atoms with Gasteiger partial charge in [0.15, 0.2) is 11.5 Å². The first kappa shape index (κ1) is 17.3. The number of hydrogen-bond donors (Lipinski definition) is 1. The van der Waals surface area contributed by atoms with E-state index in [1.165, 1.54) is 7.11 Å². The third-order valence-electron chi connectivity index (χ3n) is 5.07. The molecule has 2 aromatic carbocycles. The fourth-order valence-corrected chi connectivity index (χ4v) is 3.86. The highest BCUT2D eigenvalue weighted by Crippen LogP contribution is 2.43. The fourth-order valence-electron chi connectivity index (χ4n) is 3.86. The Morgan fingerprint density at radius 1 is 1.15 bits per heavy atom. The maximum Gasteiger partial charge on any atom is 0.323 e. The molecule has 1 fully saturated rings. The predicted octanol–water partition coefficient (Wildman–Crippen LogP) is 2.03. The number of nitrogens with one attached hydrogen (secondary N) is 1. The Balaban J connectivity index is 1.79. The normalized spacial score (nSPS) is 26.0. The number of carbonyl (C=O) groups is 1. The van der Waals surface area contributed by atoms with Gasteiger partial charge in [-0.25, -0.2) is 0 Å². The molecule has 0 aromatic heterocycles. The number of ether oxygens (including phenoxy) is 3. The van der Waals surface area contributed by atoms with Crippen molar-refractivity contribution in [2.45, 2.75) is 24.0 Å². The van der Waals surface area contributed by atoms with Gasteiger partial charge in [0.1, 0.15) is 12.1 Å². The van der Waals surface area contributed by atoms with E-state index < -0.39 is 30.0 Å². The molecule has 0 spiro atoms. The van der Waals surface area contributed by atoms with E-state index in [2.05, 4.69) is 5.32 Å². The molecule has 0 bridgehead atoms. The summed E-state index contributed by atoms with van der Waals surface area (Å²) in [6.07, 6.45) is 0. The number of nitrogens with zero attached hydrogens (tertiary/aromatic N) is 1. The van der Waals surface area contributed by atoms with Crippen molar-refractivity contribution in [1.82, 2.24) is 5.32 Å². The lowest BCUT2D eigenvalue weighted by Crippen LogP contribution is -2.37. The third kappa shape index (κ3) is 2.97. The van der Waals surface area contributed by atoms with Gasteiger partial charge in [0.2, 0.25) is 12.8 Å². The molecule has 140 valence electrons. The highest BCUT2D eigenvalue weighted by molar-refractivity contribution is 5.78. The molecular weight excluding hydrogens is 352 g/mol. The molecule has 4 rings (SSSR count). The number of hydrogen-bond acceptors (Lipinski definition) is 7.